The van der Waals surface area contributed by atoms with Crippen molar-refractivity contribution < 1.29 is 14.3 Å². The first kappa shape index (κ1) is 15.0. The molecule has 0 aliphatic heterocycles. The lowest BCUT2D eigenvalue weighted by Crippen LogP contribution is -2.29. The molecule has 0 aliphatic carbocycles. The lowest BCUT2D eigenvalue weighted by atomic mass is 10.0. The highest BCUT2D eigenvalue weighted by atomic mass is 35.5. The Balaban J connectivity index is 2.72. The molecule has 2 atom stereocenters. The SMILES string of the molecule is CCC(C)C(COC)OC(=O)c1cccc(Cl)c1. The van der Waals surface area contributed by atoms with E-state index >= 15 is 0 Å². The number of benzene rings is 1. The third-order valence-electron chi connectivity index (χ3n) is 2.93. The van der Waals surface area contributed by atoms with Gasteiger partial charge in [0.15, 0.2) is 0 Å². The Kier molecular flexibility index (Phi) is 6.16. The minimum Gasteiger partial charge on any atom is -0.456 e. The molecule has 18 heavy (non-hydrogen) atoms. The largest absolute Gasteiger partial charge is 0.456 e. The molecule has 1 aromatic rings. The van der Waals surface area contributed by atoms with Crippen LogP contribution in [0.1, 0.15) is 30.6 Å². The van der Waals surface area contributed by atoms with Crippen molar-refractivity contribution in [2.75, 3.05) is 13.7 Å². The zero-order valence-electron chi connectivity index (χ0n) is 11.0. The van der Waals surface area contributed by atoms with Crippen molar-refractivity contribution in [2.24, 2.45) is 5.92 Å². The van der Waals surface area contributed by atoms with Crippen LogP contribution in [-0.2, 0) is 9.47 Å². The lowest BCUT2D eigenvalue weighted by Gasteiger charge is -2.22. The summed E-state index contributed by atoms with van der Waals surface area (Å²) in [4.78, 5) is 12.0. The summed E-state index contributed by atoms with van der Waals surface area (Å²) in [5.74, 6) is -0.104. The first-order valence-electron chi connectivity index (χ1n) is 6.04. The fraction of sp³-hybridized carbons (Fsp3) is 0.500. The first-order chi connectivity index (χ1) is 8.58. The summed E-state index contributed by atoms with van der Waals surface area (Å²) in [6.45, 7) is 4.50. The molecule has 100 valence electrons. The van der Waals surface area contributed by atoms with Crippen LogP contribution in [0.4, 0.5) is 0 Å². The molecule has 0 fully saturated rings. The lowest BCUT2D eigenvalue weighted by molar-refractivity contribution is -0.0136. The van der Waals surface area contributed by atoms with Crippen LogP contribution in [0.3, 0.4) is 0 Å². The third-order valence-corrected chi connectivity index (χ3v) is 3.16. The molecular formula is C14H19ClO3. The van der Waals surface area contributed by atoms with Crippen LogP contribution in [0.15, 0.2) is 24.3 Å². The molecule has 0 heterocycles. The van der Waals surface area contributed by atoms with Gasteiger partial charge in [0.25, 0.3) is 0 Å². The Labute approximate surface area is 113 Å². The average Bonchev–Trinajstić information content (AvgIpc) is 2.37. The van der Waals surface area contributed by atoms with Gasteiger partial charge in [0, 0.05) is 12.1 Å². The van der Waals surface area contributed by atoms with Crippen molar-refractivity contribution in [1.29, 1.82) is 0 Å². The zero-order valence-corrected chi connectivity index (χ0v) is 11.7. The van der Waals surface area contributed by atoms with Crippen molar-refractivity contribution in [3.8, 4) is 0 Å². The van der Waals surface area contributed by atoms with E-state index in [4.69, 9.17) is 21.1 Å². The highest BCUT2D eigenvalue weighted by Gasteiger charge is 2.21. The fourth-order valence-corrected chi connectivity index (χ4v) is 1.75. The number of carbonyl (C=O) groups is 1. The summed E-state index contributed by atoms with van der Waals surface area (Å²) in [7, 11) is 1.60. The van der Waals surface area contributed by atoms with E-state index in [2.05, 4.69) is 6.92 Å². The molecule has 0 spiro atoms. The maximum atomic E-state index is 12.0. The molecule has 0 saturated heterocycles. The first-order valence-corrected chi connectivity index (χ1v) is 6.41. The Hall–Kier alpha value is -1.06. The highest BCUT2D eigenvalue weighted by Crippen LogP contribution is 2.16. The maximum absolute atomic E-state index is 12.0. The van der Waals surface area contributed by atoms with Gasteiger partial charge in [0.1, 0.15) is 6.10 Å². The smallest absolute Gasteiger partial charge is 0.338 e. The minimum absolute atomic E-state index is 0.230. The third kappa shape index (κ3) is 4.31. The second-order valence-electron chi connectivity index (χ2n) is 4.29. The fourth-order valence-electron chi connectivity index (χ4n) is 1.56. The Morgan fingerprint density at radius 1 is 1.44 bits per heavy atom. The van der Waals surface area contributed by atoms with Gasteiger partial charge in [-0.1, -0.05) is 31.5 Å². The molecule has 0 amide bonds. The van der Waals surface area contributed by atoms with Gasteiger partial charge < -0.3 is 9.47 Å². The molecule has 0 saturated carbocycles. The van der Waals surface area contributed by atoms with Gasteiger partial charge in [-0.25, -0.2) is 4.79 Å². The normalized spacial score (nSPS) is 14.0. The van der Waals surface area contributed by atoms with E-state index in [1.54, 1.807) is 31.4 Å². The monoisotopic (exact) mass is 270 g/mol. The maximum Gasteiger partial charge on any atom is 0.338 e. The molecule has 0 N–H and O–H groups in total. The molecule has 2 unspecified atom stereocenters. The molecule has 0 aliphatic rings. The van der Waals surface area contributed by atoms with Crippen molar-refractivity contribution in [1.82, 2.24) is 0 Å². The Morgan fingerprint density at radius 2 is 2.17 bits per heavy atom. The van der Waals surface area contributed by atoms with Crippen LogP contribution in [0.5, 0.6) is 0 Å². The Bertz CT molecular complexity index is 392. The summed E-state index contributed by atoms with van der Waals surface area (Å²) in [5, 5.41) is 0.524. The molecular weight excluding hydrogens is 252 g/mol. The minimum atomic E-state index is -0.361. The quantitative estimate of drug-likeness (QED) is 0.742. The number of methoxy groups -OCH3 is 1. The summed E-state index contributed by atoms with van der Waals surface area (Å²) in [6.07, 6.45) is 0.697. The van der Waals surface area contributed by atoms with Gasteiger partial charge in [-0.15, -0.1) is 0 Å². The van der Waals surface area contributed by atoms with Crippen LogP contribution in [0.25, 0.3) is 0 Å². The van der Waals surface area contributed by atoms with Crippen molar-refractivity contribution in [2.45, 2.75) is 26.4 Å². The van der Waals surface area contributed by atoms with Gasteiger partial charge in [-0.3, -0.25) is 0 Å². The summed E-state index contributed by atoms with van der Waals surface area (Å²) in [5.41, 5.74) is 0.465. The number of halogens is 1. The van der Waals surface area contributed by atoms with Gasteiger partial charge in [0.05, 0.1) is 12.2 Å². The van der Waals surface area contributed by atoms with E-state index in [-0.39, 0.29) is 18.0 Å². The van der Waals surface area contributed by atoms with Crippen LogP contribution in [0.2, 0.25) is 5.02 Å². The number of hydrogen-bond donors (Lipinski definition) is 0. The summed E-state index contributed by atoms with van der Waals surface area (Å²) in [6, 6.07) is 6.74. The molecule has 0 radical (unpaired) electrons. The molecule has 0 bridgehead atoms. The van der Waals surface area contributed by atoms with Gasteiger partial charge >= 0.3 is 5.97 Å². The van der Waals surface area contributed by atoms with E-state index in [1.807, 2.05) is 6.92 Å². The van der Waals surface area contributed by atoms with Gasteiger partial charge in [0.2, 0.25) is 0 Å². The predicted octanol–water partition coefficient (Wildman–Crippen LogP) is 3.56. The number of esters is 1. The number of carbonyl (C=O) groups excluding carboxylic acids is 1. The van der Waals surface area contributed by atoms with Crippen molar-refractivity contribution >= 4 is 17.6 Å². The average molecular weight is 271 g/mol. The van der Waals surface area contributed by atoms with E-state index in [9.17, 15) is 4.79 Å². The standard InChI is InChI=1S/C14H19ClO3/c1-4-10(2)13(9-17-3)18-14(16)11-6-5-7-12(15)8-11/h5-8,10,13H,4,9H2,1-3H3. The topological polar surface area (TPSA) is 35.5 Å². The van der Waals surface area contributed by atoms with E-state index in [1.165, 1.54) is 0 Å². The van der Waals surface area contributed by atoms with Crippen LogP contribution < -0.4 is 0 Å². The number of ether oxygens (including phenoxy) is 2. The molecule has 0 aromatic heterocycles. The van der Waals surface area contributed by atoms with E-state index < -0.39 is 0 Å². The summed E-state index contributed by atoms with van der Waals surface area (Å²) < 4.78 is 10.5. The zero-order chi connectivity index (χ0) is 13.5. The number of hydrogen-bond acceptors (Lipinski definition) is 3. The van der Waals surface area contributed by atoms with E-state index in [0.717, 1.165) is 6.42 Å². The van der Waals surface area contributed by atoms with Gasteiger partial charge in [-0.05, 0) is 30.5 Å². The highest BCUT2D eigenvalue weighted by molar-refractivity contribution is 6.30. The second-order valence-corrected chi connectivity index (χ2v) is 4.73. The molecule has 4 heteroatoms. The van der Waals surface area contributed by atoms with Crippen LogP contribution in [0, 0.1) is 5.92 Å². The predicted molar refractivity (Wildman–Crippen MR) is 72.0 cm³/mol. The van der Waals surface area contributed by atoms with Crippen molar-refractivity contribution in [3.63, 3.8) is 0 Å². The second kappa shape index (κ2) is 7.39. The number of rotatable bonds is 6. The molecule has 1 rings (SSSR count). The van der Waals surface area contributed by atoms with Gasteiger partial charge in [-0.2, -0.15) is 0 Å². The van der Waals surface area contributed by atoms with Crippen LogP contribution >= 0.6 is 11.6 Å². The summed E-state index contributed by atoms with van der Waals surface area (Å²) >= 11 is 5.84. The van der Waals surface area contributed by atoms with E-state index in [0.29, 0.717) is 17.2 Å². The Morgan fingerprint density at radius 3 is 2.72 bits per heavy atom. The molecule has 3 nitrogen and oxygen atoms in total. The molecule has 1 aromatic carbocycles. The van der Waals surface area contributed by atoms with Crippen LogP contribution in [-0.4, -0.2) is 25.8 Å². The van der Waals surface area contributed by atoms with Crippen molar-refractivity contribution in [3.05, 3.63) is 34.9 Å².